The highest BCUT2D eigenvalue weighted by molar-refractivity contribution is 7.92. The first-order chi connectivity index (χ1) is 13.9. The molecule has 3 rings (SSSR count). The number of anilines is 1. The lowest BCUT2D eigenvalue weighted by molar-refractivity contribution is -0.119. The van der Waals surface area contributed by atoms with Crippen LogP contribution in [-0.4, -0.2) is 27.1 Å². The first kappa shape index (κ1) is 20.7. The molecule has 6 nitrogen and oxygen atoms in total. The second kappa shape index (κ2) is 8.97. The van der Waals surface area contributed by atoms with Gasteiger partial charge in [0, 0.05) is 4.88 Å². The van der Waals surface area contributed by atoms with Crippen molar-refractivity contribution in [3.63, 3.8) is 0 Å². The average Bonchev–Trinajstić information content (AvgIpc) is 3.21. The van der Waals surface area contributed by atoms with Crippen molar-refractivity contribution < 1.29 is 17.6 Å². The van der Waals surface area contributed by atoms with Crippen LogP contribution in [0, 0.1) is 12.7 Å². The van der Waals surface area contributed by atoms with Crippen LogP contribution in [0.3, 0.4) is 0 Å². The number of halogens is 1. The number of carbonyl (C=O) groups excluding carboxylic acids is 1. The molecule has 0 bridgehead atoms. The van der Waals surface area contributed by atoms with Gasteiger partial charge in [0.05, 0.1) is 16.8 Å². The van der Waals surface area contributed by atoms with Crippen LogP contribution in [0.2, 0.25) is 0 Å². The Morgan fingerprint density at radius 2 is 1.83 bits per heavy atom. The number of hydrogen-bond acceptors (Lipinski definition) is 5. The minimum Gasteiger partial charge on any atom is -0.271 e. The number of aryl methyl sites for hydroxylation is 1. The fourth-order valence-corrected chi connectivity index (χ4v) is 4.46. The number of carbonyl (C=O) groups is 1. The molecule has 1 amide bonds. The first-order valence-electron chi connectivity index (χ1n) is 8.56. The number of rotatable bonds is 7. The monoisotopic (exact) mass is 431 g/mol. The largest absolute Gasteiger partial charge is 0.271 e. The molecule has 29 heavy (non-hydrogen) atoms. The summed E-state index contributed by atoms with van der Waals surface area (Å²) >= 11 is 1.45. The molecule has 0 aliphatic heterocycles. The number of nitrogens with zero attached hydrogens (tertiary/aromatic N) is 2. The van der Waals surface area contributed by atoms with Gasteiger partial charge in [0.15, 0.2) is 0 Å². The molecule has 150 valence electrons. The van der Waals surface area contributed by atoms with Gasteiger partial charge in [0.2, 0.25) is 0 Å². The molecule has 9 heteroatoms. The zero-order valence-electron chi connectivity index (χ0n) is 15.4. The summed E-state index contributed by atoms with van der Waals surface area (Å²) in [5.74, 6) is -1.13. The van der Waals surface area contributed by atoms with Crippen molar-refractivity contribution >= 4 is 39.2 Å². The fourth-order valence-electron chi connectivity index (χ4n) is 2.46. The lowest BCUT2D eigenvalue weighted by Gasteiger charge is -2.23. The van der Waals surface area contributed by atoms with E-state index in [1.54, 1.807) is 12.1 Å². The van der Waals surface area contributed by atoms with Crippen LogP contribution < -0.4 is 9.73 Å². The number of sulfonamides is 1. The number of nitrogens with one attached hydrogen (secondary N) is 1. The van der Waals surface area contributed by atoms with E-state index >= 15 is 0 Å². The maximum absolute atomic E-state index is 13.3. The van der Waals surface area contributed by atoms with Gasteiger partial charge in [-0.15, -0.1) is 11.3 Å². The van der Waals surface area contributed by atoms with Crippen LogP contribution >= 0.6 is 11.3 Å². The van der Waals surface area contributed by atoms with Crippen LogP contribution in [0.25, 0.3) is 0 Å². The van der Waals surface area contributed by atoms with Crippen molar-refractivity contribution in [1.82, 2.24) is 5.43 Å². The number of benzene rings is 2. The number of hydrazone groups is 1. The van der Waals surface area contributed by atoms with Gasteiger partial charge >= 0.3 is 0 Å². The highest BCUT2D eigenvalue weighted by atomic mass is 32.2. The summed E-state index contributed by atoms with van der Waals surface area (Å²) in [6.07, 6.45) is 1.47. The van der Waals surface area contributed by atoms with Gasteiger partial charge < -0.3 is 0 Å². The zero-order valence-corrected chi connectivity index (χ0v) is 17.1. The Labute approximate surface area is 172 Å². The van der Waals surface area contributed by atoms with E-state index in [0.29, 0.717) is 0 Å². The molecule has 0 unspecified atom stereocenters. The maximum atomic E-state index is 13.3. The van der Waals surface area contributed by atoms with Gasteiger partial charge in [-0.05, 0) is 54.8 Å². The average molecular weight is 432 g/mol. The molecule has 0 saturated heterocycles. The van der Waals surface area contributed by atoms with Crippen molar-refractivity contribution in [3.05, 3.63) is 82.3 Å². The molecular weight excluding hydrogens is 413 g/mol. The van der Waals surface area contributed by atoms with E-state index in [0.717, 1.165) is 26.9 Å². The Morgan fingerprint density at radius 3 is 2.45 bits per heavy atom. The van der Waals surface area contributed by atoms with E-state index in [1.807, 2.05) is 24.4 Å². The van der Waals surface area contributed by atoms with Crippen molar-refractivity contribution in [2.45, 2.75) is 11.8 Å². The summed E-state index contributed by atoms with van der Waals surface area (Å²) in [5, 5.41) is 5.71. The van der Waals surface area contributed by atoms with Crippen molar-refractivity contribution in [3.8, 4) is 0 Å². The molecule has 0 spiro atoms. The Kier molecular flexibility index (Phi) is 6.40. The SMILES string of the molecule is Cc1ccc(S(=O)(=O)N(CC(=O)N/N=C\c2cccs2)c2ccc(F)cc2)cc1. The van der Waals surface area contributed by atoms with Gasteiger partial charge in [-0.25, -0.2) is 18.2 Å². The van der Waals surface area contributed by atoms with E-state index < -0.39 is 28.3 Å². The maximum Gasteiger partial charge on any atom is 0.264 e. The predicted octanol–water partition coefficient (Wildman–Crippen LogP) is 3.54. The van der Waals surface area contributed by atoms with E-state index in [-0.39, 0.29) is 10.6 Å². The number of hydrogen-bond donors (Lipinski definition) is 1. The molecule has 0 atom stereocenters. The molecule has 1 N–H and O–H groups in total. The fraction of sp³-hybridized carbons (Fsp3) is 0.100. The van der Waals surface area contributed by atoms with Crippen LogP contribution in [0.15, 0.2) is 76.0 Å². The molecule has 0 fully saturated rings. The Hall–Kier alpha value is -3.04. The third kappa shape index (κ3) is 5.27. The van der Waals surface area contributed by atoms with Gasteiger partial charge in [0.1, 0.15) is 12.4 Å². The molecule has 0 aliphatic rings. The van der Waals surface area contributed by atoms with E-state index in [4.69, 9.17) is 0 Å². The van der Waals surface area contributed by atoms with E-state index in [9.17, 15) is 17.6 Å². The van der Waals surface area contributed by atoms with Crippen LogP contribution in [0.4, 0.5) is 10.1 Å². The van der Waals surface area contributed by atoms with Crippen LogP contribution in [0.1, 0.15) is 10.4 Å². The summed E-state index contributed by atoms with van der Waals surface area (Å²) in [7, 11) is -4.05. The highest BCUT2D eigenvalue weighted by Crippen LogP contribution is 2.24. The third-order valence-electron chi connectivity index (χ3n) is 3.94. The van der Waals surface area contributed by atoms with Crippen molar-refractivity contribution in [2.75, 3.05) is 10.8 Å². The van der Waals surface area contributed by atoms with Crippen molar-refractivity contribution in [1.29, 1.82) is 0 Å². The molecule has 0 aliphatic carbocycles. The quantitative estimate of drug-likeness (QED) is 0.459. The Bertz CT molecular complexity index is 1090. The molecule has 0 saturated carbocycles. The molecule has 0 radical (unpaired) electrons. The van der Waals surface area contributed by atoms with E-state index in [1.165, 1.54) is 41.8 Å². The summed E-state index contributed by atoms with van der Waals surface area (Å²) in [6.45, 7) is 1.33. The normalized spacial score (nSPS) is 11.5. The second-order valence-corrected chi connectivity index (χ2v) is 8.95. The topological polar surface area (TPSA) is 78.8 Å². The predicted molar refractivity (Wildman–Crippen MR) is 112 cm³/mol. The van der Waals surface area contributed by atoms with Crippen molar-refractivity contribution in [2.24, 2.45) is 5.10 Å². The lowest BCUT2D eigenvalue weighted by atomic mass is 10.2. The summed E-state index contributed by atoms with van der Waals surface area (Å²) < 4.78 is 40.5. The smallest absolute Gasteiger partial charge is 0.264 e. The standard InChI is InChI=1S/C20H18FN3O3S2/c1-15-4-10-19(11-5-15)29(26,27)24(17-8-6-16(21)7-9-17)14-20(25)23-22-13-18-3-2-12-28-18/h2-13H,14H2,1H3,(H,23,25)/b22-13-. The summed E-state index contributed by atoms with van der Waals surface area (Å²) in [6, 6.07) is 14.8. The Balaban J connectivity index is 1.85. The second-order valence-electron chi connectivity index (χ2n) is 6.11. The number of thiophene rings is 1. The Morgan fingerprint density at radius 1 is 1.14 bits per heavy atom. The zero-order chi connectivity index (χ0) is 20.9. The molecule has 1 heterocycles. The molecule has 3 aromatic rings. The lowest BCUT2D eigenvalue weighted by Crippen LogP contribution is -2.39. The first-order valence-corrected chi connectivity index (χ1v) is 10.9. The molecule has 1 aromatic heterocycles. The summed E-state index contributed by atoms with van der Waals surface area (Å²) in [4.78, 5) is 13.2. The molecule has 2 aromatic carbocycles. The number of amides is 1. The molecular formula is C20H18FN3O3S2. The third-order valence-corrected chi connectivity index (χ3v) is 6.53. The minimum atomic E-state index is -4.05. The van der Waals surface area contributed by atoms with Gasteiger partial charge in [-0.2, -0.15) is 5.10 Å². The van der Waals surface area contributed by atoms with Crippen LogP contribution in [-0.2, 0) is 14.8 Å². The van der Waals surface area contributed by atoms with Gasteiger partial charge in [-0.1, -0.05) is 23.8 Å². The van der Waals surface area contributed by atoms with Crippen LogP contribution in [0.5, 0.6) is 0 Å². The van der Waals surface area contributed by atoms with Gasteiger partial charge in [-0.3, -0.25) is 9.10 Å². The van der Waals surface area contributed by atoms with Gasteiger partial charge in [0.25, 0.3) is 15.9 Å². The van der Waals surface area contributed by atoms with E-state index in [2.05, 4.69) is 10.5 Å². The summed E-state index contributed by atoms with van der Waals surface area (Å²) in [5.41, 5.74) is 3.39. The minimum absolute atomic E-state index is 0.0299. The highest BCUT2D eigenvalue weighted by Gasteiger charge is 2.27.